The van der Waals surface area contributed by atoms with Crippen molar-refractivity contribution in [3.63, 3.8) is 0 Å². The van der Waals surface area contributed by atoms with Crippen LogP contribution in [0.25, 0.3) is 0 Å². The molecule has 1 fully saturated rings. The fourth-order valence-electron chi connectivity index (χ4n) is 2.23. The van der Waals surface area contributed by atoms with Crippen molar-refractivity contribution in [2.45, 2.75) is 24.6 Å². The molecular formula is C15H17Cl2N2O4S+. The Balaban J connectivity index is 2.05. The van der Waals surface area contributed by atoms with Gasteiger partial charge in [-0.15, -0.1) is 11.8 Å². The highest BCUT2D eigenvalue weighted by atomic mass is 35.5. The lowest BCUT2D eigenvalue weighted by Gasteiger charge is -2.16. The van der Waals surface area contributed by atoms with E-state index in [0.717, 1.165) is 4.90 Å². The zero-order chi connectivity index (χ0) is 17.9. The minimum absolute atomic E-state index is 0.0587. The van der Waals surface area contributed by atoms with Crippen LogP contribution in [0, 0.1) is 0 Å². The van der Waals surface area contributed by atoms with Crippen LogP contribution in [0.1, 0.15) is 13.3 Å². The maximum absolute atomic E-state index is 12.5. The van der Waals surface area contributed by atoms with Crippen LogP contribution in [0.5, 0.6) is 0 Å². The van der Waals surface area contributed by atoms with Gasteiger partial charge >= 0.3 is 5.97 Å². The first-order valence-corrected chi connectivity index (χ1v) is 9.08. The Hall–Kier alpha value is -1.28. The van der Waals surface area contributed by atoms with Crippen molar-refractivity contribution in [3.05, 3.63) is 28.2 Å². The number of esters is 1. The van der Waals surface area contributed by atoms with Gasteiger partial charge in [-0.2, -0.15) is 0 Å². The fourth-order valence-corrected chi connectivity index (χ4v) is 3.86. The lowest BCUT2D eigenvalue weighted by atomic mass is 10.3. The van der Waals surface area contributed by atoms with Crippen molar-refractivity contribution in [1.29, 1.82) is 0 Å². The van der Waals surface area contributed by atoms with E-state index in [1.165, 1.54) is 30.0 Å². The molecular weight excluding hydrogens is 375 g/mol. The third-order valence-corrected chi connectivity index (χ3v) is 5.13. The van der Waals surface area contributed by atoms with Crippen molar-refractivity contribution >= 4 is 58.4 Å². The molecule has 2 rings (SSSR count). The summed E-state index contributed by atoms with van der Waals surface area (Å²) in [5.74, 6) is -0.792. The third-order valence-electron chi connectivity index (χ3n) is 3.33. The minimum Gasteiger partial charge on any atom is -0.462 e. The molecule has 2 amide bonds. The van der Waals surface area contributed by atoms with E-state index in [0.29, 0.717) is 21.5 Å². The summed E-state index contributed by atoms with van der Waals surface area (Å²) in [5.41, 5.74) is 4.07. The Morgan fingerprint density at radius 3 is 2.58 bits per heavy atom. The summed E-state index contributed by atoms with van der Waals surface area (Å²) in [5, 5.41) is 0.123. The van der Waals surface area contributed by atoms with Gasteiger partial charge < -0.3 is 10.5 Å². The van der Waals surface area contributed by atoms with Gasteiger partial charge in [-0.05, 0) is 25.1 Å². The number of thioether (sulfide) groups is 1. The average molecular weight is 392 g/mol. The smallest absolute Gasteiger partial charge is 0.365 e. The molecule has 3 N–H and O–H groups in total. The van der Waals surface area contributed by atoms with Gasteiger partial charge in [0.05, 0.1) is 23.3 Å². The van der Waals surface area contributed by atoms with Gasteiger partial charge in [-0.25, -0.2) is 9.69 Å². The fraction of sp³-hybridized carbons (Fsp3) is 0.400. The molecule has 0 spiro atoms. The minimum atomic E-state index is -0.590. The number of nitrogens with zero attached hydrogens (tertiary/aromatic N) is 1. The van der Waals surface area contributed by atoms with Crippen molar-refractivity contribution in [1.82, 2.24) is 0 Å². The third kappa shape index (κ3) is 4.42. The average Bonchev–Trinajstić information content (AvgIpc) is 2.78. The van der Waals surface area contributed by atoms with Crippen LogP contribution in [-0.2, 0) is 19.1 Å². The second-order valence-corrected chi connectivity index (χ2v) is 7.28. The molecule has 6 nitrogen and oxygen atoms in total. The second-order valence-electron chi connectivity index (χ2n) is 5.17. The highest BCUT2D eigenvalue weighted by Crippen LogP contribution is 2.32. The Morgan fingerprint density at radius 2 is 2.00 bits per heavy atom. The van der Waals surface area contributed by atoms with Crippen LogP contribution < -0.4 is 10.6 Å². The van der Waals surface area contributed by atoms with Crippen molar-refractivity contribution in [2.75, 3.05) is 17.3 Å². The number of anilines is 1. The molecule has 24 heavy (non-hydrogen) atoms. The number of rotatable bonds is 6. The number of benzene rings is 1. The highest BCUT2D eigenvalue weighted by Gasteiger charge is 2.40. The number of carbonyl (C=O) groups excluding carboxylic acids is 3. The number of hydrogen-bond acceptors (Lipinski definition) is 5. The van der Waals surface area contributed by atoms with Crippen LogP contribution in [0.15, 0.2) is 18.2 Å². The van der Waals surface area contributed by atoms with E-state index in [1.807, 2.05) is 0 Å². The number of imide groups is 1. The molecule has 0 bridgehead atoms. The van der Waals surface area contributed by atoms with Gasteiger partial charge in [-0.1, -0.05) is 23.2 Å². The number of hydrogen-bond donors (Lipinski definition) is 1. The molecule has 0 aromatic heterocycles. The summed E-state index contributed by atoms with van der Waals surface area (Å²) >= 11 is 13.1. The SMILES string of the molecule is CCOC(=O)C([NH3+])CSC1CC(=O)N(c2cc(Cl)cc(Cl)c2)C1=O. The Bertz CT molecular complexity index is 651. The van der Waals surface area contributed by atoms with E-state index in [4.69, 9.17) is 27.9 Å². The van der Waals surface area contributed by atoms with Gasteiger partial charge in [-0.3, -0.25) is 9.59 Å². The first-order chi connectivity index (χ1) is 11.3. The maximum Gasteiger partial charge on any atom is 0.365 e. The van der Waals surface area contributed by atoms with Gasteiger partial charge in [0.15, 0.2) is 6.04 Å². The summed E-state index contributed by atoms with van der Waals surface area (Å²) in [4.78, 5) is 37.4. The van der Waals surface area contributed by atoms with Crippen LogP contribution >= 0.6 is 35.0 Å². The van der Waals surface area contributed by atoms with E-state index < -0.39 is 17.3 Å². The molecule has 0 saturated carbocycles. The standard InChI is InChI=1S/C15H16Cl2N2O4S/c1-2-23-15(22)11(18)7-24-12-6-13(20)19(14(12)21)10-4-8(16)3-9(17)5-10/h3-5,11-12H,2,6-7,18H2,1H3/p+1. The molecule has 1 saturated heterocycles. The lowest BCUT2D eigenvalue weighted by Crippen LogP contribution is -2.66. The van der Waals surface area contributed by atoms with Crippen LogP contribution in [0.2, 0.25) is 10.0 Å². The van der Waals surface area contributed by atoms with Gasteiger partial charge in [0.25, 0.3) is 0 Å². The van der Waals surface area contributed by atoms with Gasteiger partial charge in [0.1, 0.15) is 0 Å². The van der Waals surface area contributed by atoms with E-state index in [9.17, 15) is 14.4 Å². The Morgan fingerprint density at radius 1 is 1.38 bits per heavy atom. The van der Waals surface area contributed by atoms with E-state index in [-0.39, 0.29) is 24.8 Å². The summed E-state index contributed by atoms with van der Waals surface area (Å²) in [6.45, 7) is 1.99. The lowest BCUT2D eigenvalue weighted by molar-refractivity contribution is -0.401. The molecule has 130 valence electrons. The second kappa shape index (κ2) is 8.20. The van der Waals surface area contributed by atoms with Crippen molar-refractivity contribution in [3.8, 4) is 0 Å². The van der Waals surface area contributed by atoms with E-state index >= 15 is 0 Å². The molecule has 2 unspecified atom stereocenters. The van der Waals surface area contributed by atoms with Gasteiger partial charge in [0.2, 0.25) is 11.8 Å². The first kappa shape index (κ1) is 19.1. The molecule has 2 atom stereocenters. The number of halogens is 2. The van der Waals surface area contributed by atoms with Crippen molar-refractivity contribution in [2.24, 2.45) is 0 Å². The zero-order valence-corrected chi connectivity index (χ0v) is 15.3. The Kier molecular flexibility index (Phi) is 6.51. The monoisotopic (exact) mass is 391 g/mol. The number of quaternary nitrogens is 1. The largest absolute Gasteiger partial charge is 0.462 e. The number of amides is 2. The topological polar surface area (TPSA) is 91.3 Å². The molecule has 0 aliphatic carbocycles. The summed E-state index contributed by atoms with van der Waals surface area (Å²) in [7, 11) is 0. The molecule has 1 aliphatic rings. The number of carbonyl (C=O) groups is 3. The Labute approximate surface area is 153 Å². The van der Waals surface area contributed by atoms with E-state index in [2.05, 4.69) is 5.73 Å². The molecule has 1 aliphatic heterocycles. The molecule has 9 heteroatoms. The quantitative estimate of drug-likeness (QED) is 0.586. The van der Waals surface area contributed by atoms with Crippen molar-refractivity contribution < 1.29 is 24.9 Å². The highest BCUT2D eigenvalue weighted by molar-refractivity contribution is 8.00. The zero-order valence-electron chi connectivity index (χ0n) is 13.0. The molecule has 1 aromatic carbocycles. The molecule has 0 radical (unpaired) electrons. The molecule has 1 heterocycles. The molecule has 1 aromatic rings. The first-order valence-electron chi connectivity index (χ1n) is 7.27. The van der Waals surface area contributed by atoms with Crippen LogP contribution in [-0.4, -0.2) is 41.4 Å². The summed E-state index contributed by atoms with van der Waals surface area (Å²) in [6, 6.07) is 3.96. The summed E-state index contributed by atoms with van der Waals surface area (Å²) < 4.78 is 4.88. The van der Waals surface area contributed by atoms with Crippen LogP contribution in [0.4, 0.5) is 5.69 Å². The maximum atomic E-state index is 12.5. The predicted octanol–water partition coefficient (Wildman–Crippen LogP) is 1.53. The van der Waals surface area contributed by atoms with Gasteiger partial charge in [0, 0.05) is 16.5 Å². The number of ether oxygens (including phenoxy) is 1. The van der Waals surface area contributed by atoms with E-state index in [1.54, 1.807) is 6.92 Å². The normalized spacial score (nSPS) is 18.8. The van der Waals surface area contributed by atoms with Crippen LogP contribution in [0.3, 0.4) is 0 Å². The summed E-state index contributed by atoms with van der Waals surface area (Å²) in [6.07, 6.45) is 0.0587. The predicted molar refractivity (Wildman–Crippen MR) is 93.1 cm³/mol.